The van der Waals surface area contributed by atoms with Crippen molar-refractivity contribution in [2.75, 3.05) is 7.05 Å². The van der Waals surface area contributed by atoms with Crippen LogP contribution in [0.4, 0.5) is 0 Å². The first-order valence-corrected chi connectivity index (χ1v) is 4.84. The molecule has 0 saturated carbocycles. The maximum atomic E-state index is 8.45. The minimum Gasteiger partial charge on any atom is -0.300 e. The molecule has 1 fully saturated rings. The zero-order chi connectivity index (χ0) is 9.56. The average molecular weight is 168 g/mol. The molecule has 12 heavy (non-hydrogen) atoms. The van der Waals surface area contributed by atoms with E-state index >= 15 is 0 Å². The molecule has 0 bridgehead atoms. The molecule has 0 aromatic carbocycles. The first-order chi connectivity index (χ1) is 5.75. The molecule has 0 N–H and O–H groups in total. The number of hydrogen-bond donors (Lipinski definition) is 0. The number of likely N-dealkylation sites (tertiary alicyclic amines) is 1. The number of nitrogens with zero attached hydrogens (tertiary/aromatic N) is 2. The topological polar surface area (TPSA) is 27.0 Å². The summed E-state index contributed by atoms with van der Waals surface area (Å²) in [5.74, 6) is 0. The third kappa shape index (κ3) is 2.83. The predicted octanol–water partition coefficient (Wildman–Crippen LogP) is 2.41. The molecule has 0 spiro atoms. The van der Waals surface area contributed by atoms with Crippen LogP contribution in [0, 0.1) is 11.3 Å². The van der Waals surface area contributed by atoms with Crippen LogP contribution < -0.4 is 0 Å². The van der Waals surface area contributed by atoms with Gasteiger partial charge in [-0.3, -0.25) is 4.90 Å². The summed E-state index contributed by atoms with van der Waals surface area (Å²) in [7, 11) is 2.11. The van der Waals surface area contributed by atoms with Gasteiger partial charge in [-0.1, -0.05) is 13.8 Å². The molecule has 70 valence electrons. The normalized spacial score (nSPS) is 28.9. The summed E-state index contributed by atoms with van der Waals surface area (Å²) in [6.07, 6.45) is 3.15. The Morgan fingerprint density at radius 2 is 2.00 bits per heavy atom. The second-order valence-electron chi connectivity index (χ2n) is 3.11. The molecule has 1 saturated heterocycles. The quantitative estimate of drug-likeness (QED) is 0.601. The van der Waals surface area contributed by atoms with E-state index in [0.717, 1.165) is 0 Å². The summed E-state index contributed by atoms with van der Waals surface area (Å²) in [5, 5.41) is 8.45. The van der Waals surface area contributed by atoms with E-state index in [4.69, 9.17) is 5.26 Å². The summed E-state index contributed by atoms with van der Waals surface area (Å²) < 4.78 is 0. The van der Waals surface area contributed by atoms with E-state index in [1.807, 2.05) is 13.8 Å². The Hall–Kier alpha value is -0.550. The largest absolute Gasteiger partial charge is 0.300 e. The first kappa shape index (κ1) is 11.4. The fourth-order valence-corrected chi connectivity index (χ4v) is 1.55. The fourth-order valence-electron chi connectivity index (χ4n) is 1.55. The molecule has 2 unspecified atom stereocenters. The zero-order valence-corrected chi connectivity index (χ0v) is 8.67. The summed E-state index contributed by atoms with van der Waals surface area (Å²) in [4.78, 5) is 2.31. The van der Waals surface area contributed by atoms with Crippen LogP contribution in [0.5, 0.6) is 0 Å². The Morgan fingerprint density at radius 1 is 1.42 bits per heavy atom. The van der Waals surface area contributed by atoms with Crippen LogP contribution in [0.2, 0.25) is 0 Å². The minimum atomic E-state index is 0.528. The maximum Gasteiger partial charge on any atom is 0.0638 e. The van der Waals surface area contributed by atoms with Crippen LogP contribution in [0.15, 0.2) is 0 Å². The van der Waals surface area contributed by atoms with Crippen LogP contribution in [0.25, 0.3) is 0 Å². The van der Waals surface area contributed by atoms with Crippen LogP contribution >= 0.6 is 0 Å². The zero-order valence-electron chi connectivity index (χ0n) is 8.67. The SMILES string of the molecule is CC.CC1CCC(CC#N)N1C. The van der Waals surface area contributed by atoms with Gasteiger partial charge in [0.05, 0.1) is 12.5 Å². The van der Waals surface area contributed by atoms with Gasteiger partial charge in [0.1, 0.15) is 0 Å². The van der Waals surface area contributed by atoms with Gasteiger partial charge in [-0.15, -0.1) is 0 Å². The summed E-state index contributed by atoms with van der Waals surface area (Å²) >= 11 is 0. The smallest absolute Gasteiger partial charge is 0.0638 e. The van der Waals surface area contributed by atoms with E-state index < -0.39 is 0 Å². The van der Waals surface area contributed by atoms with Crippen molar-refractivity contribution in [1.29, 1.82) is 5.26 Å². The summed E-state index contributed by atoms with van der Waals surface area (Å²) in [6, 6.07) is 3.43. The van der Waals surface area contributed by atoms with Gasteiger partial charge in [0.2, 0.25) is 0 Å². The Bertz CT molecular complexity index is 148. The molecule has 1 rings (SSSR count). The molecule has 1 heterocycles. The van der Waals surface area contributed by atoms with Crippen LogP contribution in [-0.2, 0) is 0 Å². The molecular formula is C10H20N2. The Labute approximate surface area is 76.2 Å². The monoisotopic (exact) mass is 168 g/mol. The van der Waals surface area contributed by atoms with Crippen molar-refractivity contribution in [3.8, 4) is 6.07 Å². The second kappa shape index (κ2) is 6.02. The van der Waals surface area contributed by atoms with Crippen LogP contribution in [0.1, 0.15) is 40.0 Å². The van der Waals surface area contributed by atoms with Crippen molar-refractivity contribution in [3.63, 3.8) is 0 Å². The van der Waals surface area contributed by atoms with Crippen molar-refractivity contribution in [3.05, 3.63) is 0 Å². The molecule has 0 aliphatic carbocycles. The molecule has 0 aromatic rings. The van der Waals surface area contributed by atoms with E-state index in [0.29, 0.717) is 18.5 Å². The van der Waals surface area contributed by atoms with Crippen molar-refractivity contribution < 1.29 is 0 Å². The van der Waals surface area contributed by atoms with E-state index in [-0.39, 0.29) is 0 Å². The highest BCUT2D eigenvalue weighted by Gasteiger charge is 2.26. The number of hydrogen-bond acceptors (Lipinski definition) is 2. The highest BCUT2D eigenvalue weighted by atomic mass is 15.2. The second-order valence-corrected chi connectivity index (χ2v) is 3.11. The average Bonchev–Trinajstić information content (AvgIpc) is 2.41. The molecule has 2 heteroatoms. The van der Waals surface area contributed by atoms with E-state index in [1.165, 1.54) is 12.8 Å². The Balaban J connectivity index is 0.000000561. The Morgan fingerprint density at radius 3 is 2.33 bits per heavy atom. The lowest BCUT2D eigenvalue weighted by Crippen LogP contribution is -2.29. The highest BCUT2D eigenvalue weighted by Crippen LogP contribution is 2.23. The predicted molar refractivity (Wildman–Crippen MR) is 51.8 cm³/mol. The van der Waals surface area contributed by atoms with Crippen molar-refractivity contribution >= 4 is 0 Å². The number of nitriles is 1. The third-order valence-corrected chi connectivity index (χ3v) is 2.52. The lowest BCUT2D eigenvalue weighted by Gasteiger charge is -2.20. The first-order valence-electron chi connectivity index (χ1n) is 4.84. The van der Waals surface area contributed by atoms with Gasteiger partial charge >= 0.3 is 0 Å². The van der Waals surface area contributed by atoms with Crippen molar-refractivity contribution in [2.24, 2.45) is 0 Å². The molecule has 2 nitrogen and oxygen atoms in total. The Kier molecular flexibility index (Phi) is 5.74. The van der Waals surface area contributed by atoms with Crippen molar-refractivity contribution in [2.45, 2.75) is 52.1 Å². The van der Waals surface area contributed by atoms with Gasteiger partial charge < -0.3 is 0 Å². The molecule has 0 amide bonds. The molecule has 0 aromatic heterocycles. The molecular weight excluding hydrogens is 148 g/mol. The lowest BCUT2D eigenvalue weighted by molar-refractivity contribution is 0.256. The van der Waals surface area contributed by atoms with Gasteiger partial charge in [-0.05, 0) is 26.8 Å². The summed E-state index contributed by atoms with van der Waals surface area (Å²) in [6.45, 7) is 6.22. The van der Waals surface area contributed by atoms with Gasteiger partial charge in [0.15, 0.2) is 0 Å². The van der Waals surface area contributed by atoms with E-state index in [9.17, 15) is 0 Å². The van der Waals surface area contributed by atoms with E-state index in [2.05, 4.69) is 24.9 Å². The third-order valence-electron chi connectivity index (χ3n) is 2.52. The van der Waals surface area contributed by atoms with Crippen LogP contribution in [-0.4, -0.2) is 24.0 Å². The summed E-state index contributed by atoms with van der Waals surface area (Å²) in [5.41, 5.74) is 0. The van der Waals surface area contributed by atoms with Gasteiger partial charge in [0, 0.05) is 12.1 Å². The van der Waals surface area contributed by atoms with E-state index in [1.54, 1.807) is 0 Å². The minimum absolute atomic E-state index is 0.528. The standard InChI is InChI=1S/C8H14N2.C2H6/c1-7-3-4-8(5-6-9)10(7)2;1-2/h7-8H,3-5H2,1-2H3;1-2H3. The lowest BCUT2D eigenvalue weighted by atomic mass is 10.1. The van der Waals surface area contributed by atoms with Gasteiger partial charge in [-0.25, -0.2) is 0 Å². The number of rotatable bonds is 1. The van der Waals surface area contributed by atoms with Crippen molar-refractivity contribution in [1.82, 2.24) is 4.90 Å². The molecule has 1 aliphatic heterocycles. The highest BCUT2D eigenvalue weighted by molar-refractivity contribution is 4.88. The molecule has 2 atom stereocenters. The fraction of sp³-hybridized carbons (Fsp3) is 0.900. The molecule has 1 aliphatic rings. The van der Waals surface area contributed by atoms with Gasteiger partial charge in [0.25, 0.3) is 0 Å². The molecule has 0 radical (unpaired) electrons. The maximum absolute atomic E-state index is 8.45. The van der Waals surface area contributed by atoms with Crippen LogP contribution in [0.3, 0.4) is 0 Å². The van der Waals surface area contributed by atoms with Gasteiger partial charge in [-0.2, -0.15) is 5.26 Å².